The lowest BCUT2D eigenvalue weighted by molar-refractivity contribution is 0.0616. The standard InChI is InChI=1S/C27H29N5O2/c1-4-32(27(33)26-30-22-13-12-18(28-3)15-23(22)31-26)20-9-7-8-19(14-20)29-16-25-17(2)21-10-5-6-11-24(21)34-25/h5-6,10-13,15,19-20,29H,4,7-9,14,16H2,1-2H3,(H,30,31)/t19-,20+/m1/s1. The third-order valence-electron chi connectivity index (χ3n) is 6.98. The first kappa shape index (κ1) is 22.2. The summed E-state index contributed by atoms with van der Waals surface area (Å²) in [5, 5.41) is 4.84. The molecule has 5 rings (SSSR count). The minimum Gasteiger partial charge on any atom is -0.459 e. The molecule has 7 nitrogen and oxygen atoms in total. The highest BCUT2D eigenvalue weighted by atomic mass is 16.3. The van der Waals surface area contributed by atoms with Crippen LogP contribution in [-0.4, -0.2) is 39.4 Å². The first-order valence-corrected chi connectivity index (χ1v) is 12.0. The smallest absolute Gasteiger partial charge is 0.289 e. The van der Waals surface area contributed by atoms with Gasteiger partial charge in [0.15, 0.2) is 11.5 Å². The van der Waals surface area contributed by atoms with Gasteiger partial charge in [0.1, 0.15) is 11.3 Å². The molecular weight excluding hydrogens is 426 g/mol. The number of furan rings is 1. The fraction of sp³-hybridized carbons (Fsp3) is 0.370. The number of aryl methyl sites for hydroxylation is 1. The largest absolute Gasteiger partial charge is 0.459 e. The molecule has 34 heavy (non-hydrogen) atoms. The number of hydrogen-bond acceptors (Lipinski definition) is 4. The van der Waals surface area contributed by atoms with Crippen molar-refractivity contribution in [3.05, 3.63) is 71.0 Å². The Balaban J connectivity index is 1.27. The van der Waals surface area contributed by atoms with Gasteiger partial charge in [-0.25, -0.2) is 9.83 Å². The summed E-state index contributed by atoms with van der Waals surface area (Å²) in [5.41, 5.74) is 4.07. The topological polar surface area (TPSA) is 78.5 Å². The third kappa shape index (κ3) is 4.17. The van der Waals surface area contributed by atoms with Gasteiger partial charge in [0.25, 0.3) is 5.91 Å². The van der Waals surface area contributed by atoms with Crippen LogP contribution in [0.2, 0.25) is 0 Å². The number of carbonyl (C=O) groups excluding carboxylic acids is 1. The maximum absolute atomic E-state index is 13.4. The van der Waals surface area contributed by atoms with Gasteiger partial charge >= 0.3 is 0 Å². The monoisotopic (exact) mass is 455 g/mol. The zero-order valence-corrected chi connectivity index (χ0v) is 19.6. The number of aromatic amines is 1. The van der Waals surface area contributed by atoms with E-state index in [1.165, 1.54) is 5.56 Å². The average Bonchev–Trinajstić information content (AvgIpc) is 3.44. The molecule has 0 bridgehead atoms. The predicted octanol–water partition coefficient (Wildman–Crippen LogP) is 5.73. The van der Waals surface area contributed by atoms with Gasteiger partial charge in [-0.2, -0.15) is 0 Å². The van der Waals surface area contributed by atoms with Crippen LogP contribution in [0, 0.1) is 13.5 Å². The molecule has 1 aliphatic carbocycles. The molecule has 2 aromatic heterocycles. The lowest BCUT2D eigenvalue weighted by atomic mass is 9.89. The molecule has 2 atom stereocenters. The van der Waals surface area contributed by atoms with Crippen LogP contribution >= 0.6 is 0 Å². The van der Waals surface area contributed by atoms with E-state index in [9.17, 15) is 4.79 Å². The van der Waals surface area contributed by atoms with Gasteiger partial charge in [-0.3, -0.25) is 4.79 Å². The number of fused-ring (bicyclic) bond motifs is 2. The van der Waals surface area contributed by atoms with E-state index in [1.807, 2.05) is 30.0 Å². The van der Waals surface area contributed by atoms with Gasteiger partial charge in [-0.05, 0) is 63.3 Å². The molecule has 0 saturated heterocycles. The quantitative estimate of drug-likeness (QED) is 0.364. The van der Waals surface area contributed by atoms with E-state index in [1.54, 1.807) is 18.2 Å². The van der Waals surface area contributed by atoms with Crippen LogP contribution < -0.4 is 5.32 Å². The SMILES string of the molecule is [C-]#[N+]c1ccc2nc(C(=O)N(CC)[C@H]3CCC[C@@H](NCc4oc5ccccc5c4C)C3)[nH]c2c1. The van der Waals surface area contributed by atoms with E-state index >= 15 is 0 Å². The molecule has 174 valence electrons. The van der Waals surface area contributed by atoms with Crippen molar-refractivity contribution in [2.24, 2.45) is 0 Å². The summed E-state index contributed by atoms with van der Waals surface area (Å²) < 4.78 is 6.07. The molecule has 1 saturated carbocycles. The number of carbonyl (C=O) groups is 1. The number of H-pyrrole nitrogens is 1. The second-order valence-corrected chi connectivity index (χ2v) is 9.03. The van der Waals surface area contributed by atoms with E-state index in [2.05, 4.69) is 33.1 Å². The van der Waals surface area contributed by atoms with E-state index in [0.717, 1.165) is 47.9 Å². The number of benzene rings is 2. The Morgan fingerprint density at radius 2 is 2.15 bits per heavy atom. The summed E-state index contributed by atoms with van der Waals surface area (Å²) in [6, 6.07) is 13.9. The zero-order chi connectivity index (χ0) is 23.7. The van der Waals surface area contributed by atoms with Crippen molar-refractivity contribution in [1.29, 1.82) is 0 Å². The number of rotatable bonds is 6. The Hall–Kier alpha value is -3.63. The number of imidazole rings is 1. The van der Waals surface area contributed by atoms with Crippen molar-refractivity contribution in [3.63, 3.8) is 0 Å². The molecule has 2 aromatic carbocycles. The van der Waals surface area contributed by atoms with E-state index in [-0.39, 0.29) is 11.9 Å². The second-order valence-electron chi connectivity index (χ2n) is 9.03. The van der Waals surface area contributed by atoms with Crippen molar-refractivity contribution in [3.8, 4) is 0 Å². The van der Waals surface area contributed by atoms with Gasteiger partial charge in [0.05, 0.1) is 24.2 Å². The van der Waals surface area contributed by atoms with E-state index in [0.29, 0.717) is 36.2 Å². The summed E-state index contributed by atoms with van der Waals surface area (Å²) in [7, 11) is 0. The van der Waals surface area contributed by atoms with Gasteiger partial charge in [-0.15, -0.1) is 0 Å². The number of amides is 1. The van der Waals surface area contributed by atoms with Crippen molar-refractivity contribution >= 4 is 33.6 Å². The maximum atomic E-state index is 13.4. The van der Waals surface area contributed by atoms with Crippen molar-refractivity contribution in [2.75, 3.05) is 6.54 Å². The van der Waals surface area contributed by atoms with E-state index < -0.39 is 0 Å². The van der Waals surface area contributed by atoms with Crippen LogP contribution in [0.1, 0.15) is 54.5 Å². The van der Waals surface area contributed by atoms with Gasteiger partial charge in [0, 0.05) is 24.0 Å². The molecule has 0 radical (unpaired) electrons. The Bertz CT molecular complexity index is 1380. The molecule has 0 aliphatic heterocycles. The van der Waals surface area contributed by atoms with Crippen LogP contribution in [0.4, 0.5) is 5.69 Å². The normalized spacial score (nSPS) is 18.3. The lowest BCUT2D eigenvalue weighted by Gasteiger charge is -2.37. The third-order valence-corrected chi connectivity index (χ3v) is 6.98. The Kier molecular flexibility index (Phi) is 6.08. The molecule has 0 spiro atoms. The molecule has 0 unspecified atom stereocenters. The fourth-order valence-electron chi connectivity index (χ4n) is 5.14. The number of nitrogens with zero attached hydrogens (tertiary/aromatic N) is 3. The Morgan fingerprint density at radius 1 is 1.29 bits per heavy atom. The van der Waals surface area contributed by atoms with Crippen LogP contribution in [0.15, 0.2) is 46.9 Å². The van der Waals surface area contributed by atoms with Crippen molar-refractivity contribution in [2.45, 2.75) is 58.2 Å². The summed E-state index contributed by atoms with van der Waals surface area (Å²) in [6.07, 6.45) is 4.05. The summed E-state index contributed by atoms with van der Waals surface area (Å²) in [4.78, 5) is 26.4. The number of hydrogen-bond donors (Lipinski definition) is 2. The summed E-state index contributed by atoms with van der Waals surface area (Å²) in [6.45, 7) is 12.6. The van der Waals surface area contributed by atoms with Gasteiger partial charge in [0.2, 0.25) is 0 Å². The highest BCUT2D eigenvalue weighted by molar-refractivity contribution is 5.95. The minimum atomic E-state index is -0.0816. The second kappa shape index (κ2) is 9.32. The molecule has 1 amide bonds. The number of nitrogens with one attached hydrogen (secondary N) is 2. The van der Waals surface area contributed by atoms with Crippen LogP contribution in [0.5, 0.6) is 0 Å². The fourth-order valence-corrected chi connectivity index (χ4v) is 5.14. The molecule has 2 N–H and O–H groups in total. The first-order chi connectivity index (χ1) is 16.6. The number of para-hydroxylation sites is 1. The zero-order valence-electron chi connectivity index (χ0n) is 19.6. The number of aromatic nitrogens is 2. The summed E-state index contributed by atoms with van der Waals surface area (Å²) in [5.74, 6) is 1.24. The Labute approximate surface area is 199 Å². The molecule has 7 heteroatoms. The summed E-state index contributed by atoms with van der Waals surface area (Å²) >= 11 is 0. The predicted molar refractivity (Wildman–Crippen MR) is 133 cm³/mol. The van der Waals surface area contributed by atoms with Crippen molar-refractivity contribution in [1.82, 2.24) is 20.2 Å². The molecule has 1 aliphatic rings. The highest BCUT2D eigenvalue weighted by Gasteiger charge is 2.30. The average molecular weight is 456 g/mol. The minimum absolute atomic E-state index is 0.0816. The lowest BCUT2D eigenvalue weighted by Crippen LogP contribution is -2.47. The van der Waals surface area contributed by atoms with Gasteiger partial charge in [-0.1, -0.05) is 24.3 Å². The van der Waals surface area contributed by atoms with E-state index in [4.69, 9.17) is 11.0 Å². The first-order valence-electron chi connectivity index (χ1n) is 12.0. The van der Waals surface area contributed by atoms with Crippen LogP contribution in [-0.2, 0) is 6.54 Å². The molecule has 2 heterocycles. The maximum Gasteiger partial charge on any atom is 0.289 e. The van der Waals surface area contributed by atoms with Gasteiger partial charge < -0.3 is 19.6 Å². The molecule has 1 fully saturated rings. The highest BCUT2D eigenvalue weighted by Crippen LogP contribution is 2.28. The van der Waals surface area contributed by atoms with Crippen LogP contribution in [0.25, 0.3) is 26.8 Å². The van der Waals surface area contributed by atoms with Crippen LogP contribution in [0.3, 0.4) is 0 Å². The Morgan fingerprint density at radius 3 is 2.94 bits per heavy atom. The van der Waals surface area contributed by atoms with Crippen molar-refractivity contribution < 1.29 is 9.21 Å². The molecule has 4 aromatic rings. The molecular formula is C27H29N5O2.